The first-order valence-corrected chi connectivity index (χ1v) is 19.2. The lowest BCUT2D eigenvalue weighted by Crippen LogP contribution is -2.14. The van der Waals surface area contributed by atoms with Crippen molar-refractivity contribution in [3.8, 4) is 55.6 Å². The standard InChI is InChI=1S/C55H41N/c1-55(2)52-20-9-8-17-51(52)54-50(19-11-21-53(54)55)44-30-36-47(37-31-44)56(46-34-28-43(29-35-46)49-18-10-15-42-14-6-7-16-48(42)49)45-32-26-41(27-33-45)40-24-22-39(23-25-40)38-12-4-3-5-13-38/h3-37H,1-2H3/i30D,31D,36D,37D. The van der Waals surface area contributed by atoms with Gasteiger partial charge in [-0.1, -0.05) is 190 Å². The summed E-state index contributed by atoms with van der Waals surface area (Å²) in [6, 6.07) is 63.8. The van der Waals surface area contributed by atoms with Gasteiger partial charge in [-0.15, -0.1) is 0 Å². The van der Waals surface area contributed by atoms with Crippen LogP contribution in [0.4, 0.5) is 17.1 Å². The van der Waals surface area contributed by atoms with E-state index >= 15 is 0 Å². The molecule has 0 N–H and O–H groups in total. The Balaban J connectivity index is 1.11. The van der Waals surface area contributed by atoms with Crippen molar-refractivity contribution in [2.75, 3.05) is 4.90 Å². The Labute approximate surface area is 335 Å². The summed E-state index contributed by atoms with van der Waals surface area (Å²) in [5.41, 5.74) is 13.3. The van der Waals surface area contributed by atoms with E-state index in [1.165, 1.54) is 5.56 Å². The van der Waals surface area contributed by atoms with Gasteiger partial charge < -0.3 is 4.90 Å². The van der Waals surface area contributed by atoms with Crippen molar-refractivity contribution in [3.63, 3.8) is 0 Å². The van der Waals surface area contributed by atoms with Gasteiger partial charge in [-0.3, -0.25) is 0 Å². The molecule has 0 amide bonds. The number of anilines is 3. The van der Waals surface area contributed by atoms with Gasteiger partial charge in [0.15, 0.2) is 0 Å². The molecule has 0 fully saturated rings. The fourth-order valence-electron chi connectivity index (χ4n) is 8.48. The zero-order valence-electron chi connectivity index (χ0n) is 35.3. The third-order valence-electron chi connectivity index (χ3n) is 11.4. The summed E-state index contributed by atoms with van der Waals surface area (Å²) in [6.07, 6.45) is 0. The van der Waals surface area contributed by atoms with Gasteiger partial charge in [-0.2, -0.15) is 0 Å². The largest absolute Gasteiger partial charge is 0.311 e. The van der Waals surface area contributed by atoms with Crippen molar-refractivity contribution in [2.45, 2.75) is 19.3 Å². The van der Waals surface area contributed by atoms with Crippen molar-refractivity contribution in [1.29, 1.82) is 0 Å². The smallest absolute Gasteiger partial charge is 0.0645 e. The molecule has 0 bridgehead atoms. The second kappa shape index (κ2) is 13.7. The first kappa shape index (κ1) is 29.4. The van der Waals surface area contributed by atoms with E-state index in [9.17, 15) is 5.48 Å². The Morgan fingerprint density at radius 1 is 0.357 bits per heavy atom. The number of fused-ring (bicyclic) bond motifs is 4. The molecule has 0 atom stereocenters. The first-order chi connectivity index (χ1) is 29.2. The number of hydrogen-bond acceptors (Lipinski definition) is 1. The van der Waals surface area contributed by atoms with Gasteiger partial charge in [0.05, 0.1) is 5.48 Å². The quantitative estimate of drug-likeness (QED) is 0.159. The van der Waals surface area contributed by atoms with Gasteiger partial charge in [0.1, 0.15) is 0 Å². The number of nitrogens with zero attached hydrogens (tertiary/aromatic N) is 1. The van der Waals surface area contributed by atoms with E-state index in [0.29, 0.717) is 11.1 Å². The number of benzene rings is 9. The summed E-state index contributed by atoms with van der Waals surface area (Å²) >= 11 is 0. The molecule has 10 rings (SSSR count). The summed E-state index contributed by atoms with van der Waals surface area (Å²) in [5.74, 6) is 0. The van der Waals surface area contributed by atoms with Crippen molar-refractivity contribution in [2.24, 2.45) is 0 Å². The van der Waals surface area contributed by atoms with E-state index < -0.39 is 0 Å². The summed E-state index contributed by atoms with van der Waals surface area (Å²) in [7, 11) is 0. The summed E-state index contributed by atoms with van der Waals surface area (Å²) in [6.45, 7) is 4.40. The van der Waals surface area contributed by atoms with E-state index in [2.05, 4.69) is 129 Å². The Hall–Kier alpha value is -6.96. The first-order valence-electron chi connectivity index (χ1n) is 21.2. The average Bonchev–Trinajstić information content (AvgIpc) is 3.54. The molecule has 0 unspecified atom stereocenters. The van der Waals surface area contributed by atoms with Crippen molar-refractivity contribution in [3.05, 3.63) is 223 Å². The third-order valence-corrected chi connectivity index (χ3v) is 11.4. The average molecular weight is 720 g/mol. The lowest BCUT2D eigenvalue weighted by Gasteiger charge is -2.26. The maximum Gasteiger partial charge on any atom is 0.0645 e. The van der Waals surface area contributed by atoms with E-state index in [0.717, 1.165) is 72.2 Å². The normalized spacial score (nSPS) is 13.6. The molecule has 9 aromatic rings. The van der Waals surface area contributed by atoms with Gasteiger partial charge in [0.2, 0.25) is 0 Å². The molecule has 0 heterocycles. The maximum atomic E-state index is 9.67. The van der Waals surface area contributed by atoms with Crippen LogP contribution in [-0.2, 0) is 5.41 Å². The summed E-state index contributed by atoms with van der Waals surface area (Å²) < 4.78 is 38.6. The zero-order valence-corrected chi connectivity index (χ0v) is 31.3. The van der Waals surface area contributed by atoms with Crippen LogP contribution in [0, 0.1) is 0 Å². The Bertz CT molecular complexity index is 3050. The highest BCUT2D eigenvalue weighted by Gasteiger charge is 2.36. The Morgan fingerprint density at radius 2 is 0.839 bits per heavy atom. The predicted octanol–water partition coefficient (Wildman–Crippen LogP) is 15.3. The number of hydrogen-bond donors (Lipinski definition) is 0. The maximum absolute atomic E-state index is 9.67. The fourth-order valence-corrected chi connectivity index (χ4v) is 8.48. The van der Waals surface area contributed by atoms with Crippen LogP contribution in [0.2, 0.25) is 0 Å². The molecule has 0 aliphatic heterocycles. The molecule has 56 heavy (non-hydrogen) atoms. The highest BCUT2D eigenvalue weighted by molar-refractivity contribution is 5.97. The zero-order chi connectivity index (χ0) is 41.1. The Morgan fingerprint density at radius 3 is 1.54 bits per heavy atom. The van der Waals surface area contributed by atoms with Crippen LogP contribution in [0.3, 0.4) is 0 Å². The molecule has 9 aromatic carbocycles. The minimum Gasteiger partial charge on any atom is -0.311 e. The van der Waals surface area contributed by atoms with Gasteiger partial charge in [-0.25, -0.2) is 0 Å². The second-order valence-corrected chi connectivity index (χ2v) is 15.0. The molecule has 0 aromatic heterocycles. The molecular formula is C55H41N. The molecule has 1 heteroatoms. The van der Waals surface area contributed by atoms with Crippen LogP contribution in [0.5, 0.6) is 0 Å². The van der Waals surface area contributed by atoms with Crippen LogP contribution < -0.4 is 4.90 Å². The molecule has 0 radical (unpaired) electrons. The predicted molar refractivity (Wildman–Crippen MR) is 238 cm³/mol. The minimum absolute atomic E-state index is 0.0749. The Kier molecular flexibility index (Phi) is 7.20. The van der Waals surface area contributed by atoms with Crippen molar-refractivity contribution < 1.29 is 5.48 Å². The van der Waals surface area contributed by atoms with Gasteiger partial charge in [0, 0.05) is 22.5 Å². The van der Waals surface area contributed by atoms with E-state index in [-0.39, 0.29) is 35.3 Å². The van der Waals surface area contributed by atoms with Crippen molar-refractivity contribution in [1.82, 2.24) is 0 Å². The molecule has 0 spiro atoms. The second-order valence-electron chi connectivity index (χ2n) is 15.0. The highest BCUT2D eigenvalue weighted by atomic mass is 15.1. The molecule has 1 nitrogen and oxygen atoms in total. The number of rotatable bonds is 7. The van der Waals surface area contributed by atoms with Crippen LogP contribution in [0.25, 0.3) is 66.4 Å². The SMILES string of the molecule is [2H]c1c([2H])c(N(c2ccc(-c3ccc(-c4ccccc4)cc3)cc2)c2ccc(-c3cccc4ccccc34)cc2)c([2H])c([2H])c1-c1cccc2c1-c1ccccc1C2(C)C. The van der Waals surface area contributed by atoms with E-state index in [4.69, 9.17) is 0 Å². The molecule has 266 valence electrons. The minimum atomic E-state index is -0.273. The van der Waals surface area contributed by atoms with Gasteiger partial charge in [-0.05, 0) is 114 Å². The van der Waals surface area contributed by atoms with Gasteiger partial charge >= 0.3 is 0 Å². The molecular weight excluding hydrogens is 675 g/mol. The highest BCUT2D eigenvalue weighted by Crippen LogP contribution is 2.52. The van der Waals surface area contributed by atoms with Crippen LogP contribution >= 0.6 is 0 Å². The van der Waals surface area contributed by atoms with Crippen LogP contribution in [-0.4, -0.2) is 0 Å². The molecule has 1 aliphatic rings. The molecule has 0 saturated heterocycles. The van der Waals surface area contributed by atoms with Crippen molar-refractivity contribution >= 4 is 27.8 Å². The lowest BCUT2D eigenvalue weighted by molar-refractivity contribution is 0.660. The molecule has 1 aliphatic carbocycles. The fraction of sp³-hybridized carbons (Fsp3) is 0.0545. The molecule has 0 saturated carbocycles. The third kappa shape index (κ3) is 5.81. The summed E-state index contributed by atoms with van der Waals surface area (Å²) in [5, 5.41) is 2.32. The monoisotopic (exact) mass is 719 g/mol. The van der Waals surface area contributed by atoms with Crippen LogP contribution in [0.1, 0.15) is 30.5 Å². The lowest BCUT2D eigenvalue weighted by atomic mass is 9.82. The van der Waals surface area contributed by atoms with Gasteiger partial charge in [0.25, 0.3) is 0 Å². The van der Waals surface area contributed by atoms with E-state index in [1.807, 2.05) is 77.7 Å². The summed E-state index contributed by atoms with van der Waals surface area (Å²) in [4.78, 5) is 1.87. The van der Waals surface area contributed by atoms with E-state index in [1.54, 1.807) is 0 Å². The van der Waals surface area contributed by atoms with Crippen LogP contribution in [0.15, 0.2) is 212 Å². The topological polar surface area (TPSA) is 3.24 Å².